The summed E-state index contributed by atoms with van der Waals surface area (Å²) in [6.07, 6.45) is -0.972. The predicted molar refractivity (Wildman–Crippen MR) is 103 cm³/mol. The first-order valence-corrected chi connectivity index (χ1v) is 9.17. The van der Waals surface area contributed by atoms with E-state index in [-0.39, 0.29) is 18.2 Å². The van der Waals surface area contributed by atoms with Crippen molar-refractivity contribution in [2.75, 3.05) is 5.32 Å². The number of hydrogen-bond acceptors (Lipinski definition) is 2. The number of primary amides is 1. The number of halogens is 2. The molecule has 148 valence electrons. The maximum atomic E-state index is 14.6. The monoisotopic (exact) mass is 387 g/mol. The van der Waals surface area contributed by atoms with E-state index in [1.165, 1.54) is 6.07 Å². The highest BCUT2D eigenvalue weighted by Crippen LogP contribution is 2.36. The normalized spacial score (nSPS) is 19.2. The van der Waals surface area contributed by atoms with Crippen LogP contribution in [0.5, 0.6) is 0 Å². The molecular weight excluding hydrogens is 364 g/mol. The second-order valence-corrected chi connectivity index (χ2v) is 7.31. The van der Waals surface area contributed by atoms with Gasteiger partial charge in [-0.25, -0.2) is 13.6 Å². The van der Waals surface area contributed by atoms with Gasteiger partial charge in [0.05, 0.1) is 12.0 Å². The van der Waals surface area contributed by atoms with Crippen LogP contribution in [0.2, 0.25) is 0 Å². The Balaban J connectivity index is 2.02. The number of anilines is 1. The fraction of sp³-hybridized carbons (Fsp3) is 0.333. The van der Waals surface area contributed by atoms with Gasteiger partial charge in [-0.3, -0.25) is 4.79 Å². The predicted octanol–water partition coefficient (Wildman–Crippen LogP) is 4.00. The zero-order chi connectivity index (χ0) is 20.4. The molecule has 3 atom stereocenters. The summed E-state index contributed by atoms with van der Waals surface area (Å²) in [5, 5.41) is 5.31. The Hall–Kier alpha value is -2.96. The van der Waals surface area contributed by atoms with Crippen molar-refractivity contribution in [2.24, 2.45) is 11.7 Å². The van der Waals surface area contributed by atoms with Crippen molar-refractivity contribution in [3.63, 3.8) is 0 Å². The molecule has 1 saturated carbocycles. The molecule has 3 amide bonds. The van der Waals surface area contributed by atoms with E-state index in [0.29, 0.717) is 22.4 Å². The quantitative estimate of drug-likeness (QED) is 0.700. The van der Waals surface area contributed by atoms with Crippen molar-refractivity contribution < 1.29 is 18.4 Å². The van der Waals surface area contributed by atoms with Crippen LogP contribution in [-0.4, -0.2) is 18.1 Å². The number of hydrogen-bond donors (Lipinski definition) is 3. The van der Waals surface area contributed by atoms with Crippen LogP contribution >= 0.6 is 0 Å². The van der Waals surface area contributed by atoms with Crippen molar-refractivity contribution in [1.29, 1.82) is 0 Å². The van der Waals surface area contributed by atoms with Crippen molar-refractivity contribution >= 4 is 17.6 Å². The topological polar surface area (TPSA) is 84.2 Å². The third-order valence-electron chi connectivity index (χ3n) is 4.85. The number of nitrogens with two attached hydrogens (primary N) is 1. The molecule has 3 unspecified atom stereocenters. The van der Waals surface area contributed by atoms with E-state index < -0.39 is 30.1 Å². The summed E-state index contributed by atoms with van der Waals surface area (Å²) in [5.74, 6) is -1.52. The van der Waals surface area contributed by atoms with E-state index in [9.17, 15) is 18.4 Å². The second kappa shape index (κ2) is 7.96. The number of nitrogens with one attached hydrogen (secondary N) is 2. The molecule has 0 bridgehead atoms. The molecule has 0 heterocycles. The summed E-state index contributed by atoms with van der Waals surface area (Å²) in [7, 11) is 0. The molecule has 4 N–H and O–H groups in total. The molecule has 0 saturated heterocycles. The number of alkyl halides is 1. The minimum absolute atomic E-state index is 0.00432. The Morgan fingerprint density at radius 1 is 1.14 bits per heavy atom. The average Bonchev–Trinajstić information content (AvgIpc) is 3.36. The highest BCUT2D eigenvalue weighted by atomic mass is 19.1. The van der Waals surface area contributed by atoms with Gasteiger partial charge >= 0.3 is 6.03 Å². The van der Waals surface area contributed by atoms with Crippen LogP contribution in [0.3, 0.4) is 0 Å². The zero-order valence-corrected chi connectivity index (χ0v) is 15.7. The summed E-state index contributed by atoms with van der Waals surface area (Å²) in [6, 6.07) is 10.0. The molecule has 5 nitrogen and oxygen atoms in total. The smallest absolute Gasteiger partial charge is 0.316 e. The summed E-state index contributed by atoms with van der Waals surface area (Å²) < 4.78 is 27.9. The SMILES string of the molecule is CC(C)c1ccc(C(NC(=O)C2CC2F)c2ccccc2NC(N)=O)cc1F. The first-order valence-electron chi connectivity index (χ1n) is 9.17. The number of carbonyl (C=O) groups excluding carboxylic acids is 2. The van der Waals surface area contributed by atoms with Crippen molar-refractivity contribution in [1.82, 2.24) is 5.32 Å². The number of carbonyl (C=O) groups is 2. The van der Waals surface area contributed by atoms with Crippen LogP contribution in [0, 0.1) is 11.7 Å². The lowest BCUT2D eigenvalue weighted by Gasteiger charge is -2.23. The van der Waals surface area contributed by atoms with Crippen LogP contribution < -0.4 is 16.4 Å². The zero-order valence-electron chi connectivity index (χ0n) is 15.7. The molecule has 0 aliphatic heterocycles. The summed E-state index contributed by atoms with van der Waals surface area (Å²) >= 11 is 0. The van der Waals surface area contributed by atoms with Gasteiger partial charge in [0.1, 0.15) is 12.0 Å². The highest BCUT2D eigenvalue weighted by Gasteiger charge is 2.44. The Bertz CT molecular complexity index is 901. The lowest BCUT2D eigenvalue weighted by atomic mass is 9.93. The number of amides is 3. The molecule has 0 spiro atoms. The molecule has 1 aliphatic carbocycles. The van der Waals surface area contributed by atoms with E-state index in [1.54, 1.807) is 36.4 Å². The molecule has 2 aromatic carbocycles. The van der Waals surface area contributed by atoms with Crippen LogP contribution in [-0.2, 0) is 4.79 Å². The highest BCUT2D eigenvalue weighted by molar-refractivity contribution is 5.89. The minimum Gasteiger partial charge on any atom is -0.351 e. The van der Waals surface area contributed by atoms with Gasteiger partial charge in [0, 0.05) is 11.3 Å². The van der Waals surface area contributed by atoms with Crippen LogP contribution in [0.15, 0.2) is 42.5 Å². The van der Waals surface area contributed by atoms with Gasteiger partial charge in [0.2, 0.25) is 5.91 Å². The van der Waals surface area contributed by atoms with E-state index in [2.05, 4.69) is 10.6 Å². The van der Waals surface area contributed by atoms with Crippen molar-refractivity contribution in [3.8, 4) is 0 Å². The molecule has 7 heteroatoms. The van der Waals surface area contributed by atoms with E-state index in [1.807, 2.05) is 13.8 Å². The van der Waals surface area contributed by atoms with Gasteiger partial charge in [-0.15, -0.1) is 0 Å². The van der Waals surface area contributed by atoms with Crippen molar-refractivity contribution in [2.45, 2.75) is 38.4 Å². The van der Waals surface area contributed by atoms with Crippen LogP contribution in [0.1, 0.15) is 48.9 Å². The van der Waals surface area contributed by atoms with E-state index in [4.69, 9.17) is 5.73 Å². The van der Waals surface area contributed by atoms with Gasteiger partial charge in [-0.1, -0.05) is 44.2 Å². The summed E-state index contributed by atoms with van der Waals surface area (Å²) in [6.45, 7) is 3.77. The molecule has 1 aliphatic rings. The molecule has 2 aromatic rings. The standard InChI is InChI=1S/C21H23F2N3O2/c1-11(2)13-8-7-12(9-16(13)22)19(26-20(27)15-10-17(15)23)14-5-3-4-6-18(14)25-21(24)28/h3-9,11,15,17,19H,10H2,1-2H3,(H,26,27)(H3,24,25,28). The molecule has 1 fully saturated rings. The number of rotatable bonds is 6. The fourth-order valence-corrected chi connectivity index (χ4v) is 3.21. The third kappa shape index (κ3) is 4.30. The lowest BCUT2D eigenvalue weighted by Crippen LogP contribution is -2.32. The Morgan fingerprint density at radius 2 is 1.82 bits per heavy atom. The number of urea groups is 1. The third-order valence-corrected chi connectivity index (χ3v) is 4.85. The summed E-state index contributed by atoms with van der Waals surface area (Å²) in [5.41, 5.74) is 7.21. The fourth-order valence-electron chi connectivity index (χ4n) is 3.21. The van der Waals surface area contributed by atoms with Crippen LogP contribution in [0.4, 0.5) is 19.3 Å². The maximum Gasteiger partial charge on any atom is 0.316 e. The minimum atomic E-state index is -1.15. The van der Waals surface area contributed by atoms with Gasteiger partial charge in [-0.05, 0) is 35.6 Å². The number of benzene rings is 2. The maximum absolute atomic E-state index is 14.6. The first-order chi connectivity index (χ1) is 13.3. The lowest BCUT2D eigenvalue weighted by molar-refractivity contribution is -0.123. The molecular formula is C21H23F2N3O2. The molecule has 0 aromatic heterocycles. The average molecular weight is 387 g/mol. The van der Waals surface area contributed by atoms with Gasteiger partial charge in [0.25, 0.3) is 0 Å². The molecule has 0 radical (unpaired) electrons. The van der Waals surface area contributed by atoms with Gasteiger partial charge in [-0.2, -0.15) is 0 Å². The first kappa shape index (κ1) is 19.8. The van der Waals surface area contributed by atoms with E-state index >= 15 is 0 Å². The largest absolute Gasteiger partial charge is 0.351 e. The Labute approximate surface area is 162 Å². The molecule has 28 heavy (non-hydrogen) atoms. The Kier molecular flexibility index (Phi) is 5.63. The second-order valence-electron chi connectivity index (χ2n) is 7.31. The van der Waals surface area contributed by atoms with Gasteiger partial charge < -0.3 is 16.4 Å². The van der Waals surface area contributed by atoms with Gasteiger partial charge in [0.15, 0.2) is 0 Å². The van der Waals surface area contributed by atoms with E-state index in [0.717, 1.165) is 0 Å². The molecule has 3 rings (SSSR count). The van der Waals surface area contributed by atoms with Crippen molar-refractivity contribution in [3.05, 3.63) is 65.0 Å². The summed E-state index contributed by atoms with van der Waals surface area (Å²) in [4.78, 5) is 23.8. The number of para-hydroxylation sites is 1. The van der Waals surface area contributed by atoms with Crippen LogP contribution in [0.25, 0.3) is 0 Å². The Morgan fingerprint density at radius 3 is 2.39 bits per heavy atom.